The van der Waals surface area contributed by atoms with Gasteiger partial charge in [0.1, 0.15) is 0 Å². The van der Waals surface area contributed by atoms with Gasteiger partial charge in [-0.2, -0.15) is 4.98 Å². The molecule has 0 unspecified atom stereocenters. The van der Waals surface area contributed by atoms with Crippen LogP contribution in [0.1, 0.15) is 5.56 Å². The van der Waals surface area contributed by atoms with Crippen LogP contribution in [0.2, 0.25) is 10.0 Å². The summed E-state index contributed by atoms with van der Waals surface area (Å²) < 4.78 is 1.65. The van der Waals surface area contributed by atoms with Gasteiger partial charge in [-0.15, -0.1) is 5.10 Å². The van der Waals surface area contributed by atoms with E-state index in [9.17, 15) is 0 Å². The first kappa shape index (κ1) is 12.3. The van der Waals surface area contributed by atoms with E-state index in [-0.39, 0.29) is 5.95 Å². The van der Waals surface area contributed by atoms with Crippen molar-refractivity contribution >= 4 is 34.8 Å². The number of anilines is 1. The molecule has 1 aromatic carbocycles. The summed E-state index contributed by atoms with van der Waals surface area (Å²) in [5, 5.41) is 5.17. The molecule has 96 valence electrons. The first-order valence-electron chi connectivity index (χ1n) is 5.63. The number of hydrogen-bond acceptors (Lipinski definition) is 3. The number of hydrogen-bond donors (Lipinski definition) is 1. The van der Waals surface area contributed by atoms with Gasteiger partial charge in [-0.05, 0) is 24.6 Å². The number of halogens is 2. The van der Waals surface area contributed by atoms with Gasteiger partial charge in [0.05, 0.1) is 10.0 Å². The Hall–Kier alpha value is -1.78. The van der Waals surface area contributed by atoms with E-state index in [1.807, 2.05) is 31.3 Å². The molecule has 6 heteroatoms. The van der Waals surface area contributed by atoms with Crippen molar-refractivity contribution in [1.82, 2.24) is 14.6 Å². The summed E-state index contributed by atoms with van der Waals surface area (Å²) in [6.07, 6.45) is 1.84. The van der Waals surface area contributed by atoms with Crippen molar-refractivity contribution in [2.24, 2.45) is 0 Å². The minimum absolute atomic E-state index is 0.248. The van der Waals surface area contributed by atoms with Crippen LogP contribution in [0.4, 0.5) is 5.95 Å². The Labute approximate surface area is 119 Å². The third-order valence-corrected chi connectivity index (χ3v) is 3.72. The van der Waals surface area contributed by atoms with Crippen molar-refractivity contribution in [1.29, 1.82) is 0 Å². The number of benzene rings is 1. The van der Waals surface area contributed by atoms with Crippen LogP contribution >= 0.6 is 23.2 Å². The van der Waals surface area contributed by atoms with Crippen molar-refractivity contribution in [2.45, 2.75) is 6.92 Å². The monoisotopic (exact) mass is 292 g/mol. The number of fused-ring (bicyclic) bond motifs is 1. The predicted molar refractivity (Wildman–Crippen MR) is 77.6 cm³/mol. The molecule has 0 bridgehead atoms. The molecule has 0 saturated heterocycles. The maximum absolute atomic E-state index is 6.23. The minimum atomic E-state index is 0.248. The lowest BCUT2D eigenvalue weighted by Crippen LogP contribution is -1.93. The SMILES string of the molecule is Cc1cc(-c2cccc(Cl)c2Cl)cn2nc(N)nc12. The van der Waals surface area contributed by atoms with E-state index >= 15 is 0 Å². The van der Waals surface area contributed by atoms with E-state index in [2.05, 4.69) is 10.1 Å². The molecule has 0 atom stereocenters. The highest BCUT2D eigenvalue weighted by Crippen LogP contribution is 2.34. The average molecular weight is 293 g/mol. The van der Waals surface area contributed by atoms with E-state index in [1.165, 1.54) is 0 Å². The molecule has 2 heterocycles. The van der Waals surface area contributed by atoms with Crippen LogP contribution in [-0.2, 0) is 0 Å². The van der Waals surface area contributed by atoms with Gasteiger partial charge in [0.25, 0.3) is 0 Å². The fraction of sp³-hybridized carbons (Fsp3) is 0.0769. The Morgan fingerprint density at radius 3 is 2.84 bits per heavy atom. The molecule has 0 saturated carbocycles. The van der Waals surface area contributed by atoms with Crippen LogP contribution in [0.25, 0.3) is 16.8 Å². The van der Waals surface area contributed by atoms with Crippen LogP contribution in [0.5, 0.6) is 0 Å². The van der Waals surface area contributed by atoms with Gasteiger partial charge in [0, 0.05) is 17.3 Å². The highest BCUT2D eigenvalue weighted by atomic mass is 35.5. The molecule has 2 aromatic heterocycles. The highest BCUT2D eigenvalue weighted by molar-refractivity contribution is 6.43. The van der Waals surface area contributed by atoms with Crippen molar-refractivity contribution in [2.75, 3.05) is 5.73 Å². The van der Waals surface area contributed by atoms with Crippen molar-refractivity contribution in [3.8, 4) is 11.1 Å². The lowest BCUT2D eigenvalue weighted by atomic mass is 10.1. The molecule has 0 fully saturated rings. The summed E-state index contributed by atoms with van der Waals surface area (Å²) in [5.41, 5.74) is 9.09. The molecule has 19 heavy (non-hydrogen) atoms. The van der Waals surface area contributed by atoms with Crippen molar-refractivity contribution in [3.63, 3.8) is 0 Å². The minimum Gasteiger partial charge on any atom is -0.366 e. The number of rotatable bonds is 1. The molecule has 0 amide bonds. The Morgan fingerprint density at radius 2 is 2.05 bits per heavy atom. The first-order chi connectivity index (χ1) is 9.06. The van der Waals surface area contributed by atoms with E-state index in [0.717, 1.165) is 22.3 Å². The first-order valence-corrected chi connectivity index (χ1v) is 6.39. The second-order valence-corrected chi connectivity index (χ2v) is 5.04. The molecule has 3 aromatic rings. The highest BCUT2D eigenvalue weighted by Gasteiger charge is 2.11. The van der Waals surface area contributed by atoms with E-state index in [1.54, 1.807) is 10.6 Å². The van der Waals surface area contributed by atoms with Crippen LogP contribution in [0.3, 0.4) is 0 Å². The quantitative estimate of drug-likeness (QED) is 0.746. The number of pyridine rings is 1. The fourth-order valence-electron chi connectivity index (χ4n) is 2.04. The zero-order valence-corrected chi connectivity index (χ0v) is 11.6. The molecular weight excluding hydrogens is 283 g/mol. The van der Waals surface area contributed by atoms with Crippen LogP contribution in [-0.4, -0.2) is 14.6 Å². The Balaban J connectivity index is 2.28. The summed E-state index contributed by atoms with van der Waals surface area (Å²) in [7, 11) is 0. The van der Waals surface area contributed by atoms with Crippen molar-refractivity contribution in [3.05, 3.63) is 46.1 Å². The van der Waals surface area contributed by atoms with Gasteiger partial charge in [0.2, 0.25) is 5.95 Å². The number of aryl methyl sites for hydroxylation is 1. The second kappa shape index (κ2) is 4.40. The molecule has 0 aliphatic rings. The lowest BCUT2D eigenvalue weighted by Gasteiger charge is -2.07. The van der Waals surface area contributed by atoms with Gasteiger partial charge in [-0.3, -0.25) is 0 Å². The van der Waals surface area contributed by atoms with Gasteiger partial charge in [0.15, 0.2) is 5.65 Å². The van der Waals surface area contributed by atoms with E-state index in [4.69, 9.17) is 28.9 Å². The van der Waals surface area contributed by atoms with E-state index in [0.29, 0.717) is 10.0 Å². The Morgan fingerprint density at radius 1 is 1.26 bits per heavy atom. The predicted octanol–water partition coefficient (Wildman–Crippen LogP) is 3.59. The maximum Gasteiger partial charge on any atom is 0.240 e. The largest absolute Gasteiger partial charge is 0.366 e. The summed E-state index contributed by atoms with van der Waals surface area (Å²) >= 11 is 12.3. The third-order valence-electron chi connectivity index (χ3n) is 2.90. The molecule has 0 spiro atoms. The lowest BCUT2D eigenvalue weighted by molar-refractivity contribution is 0.964. The second-order valence-electron chi connectivity index (χ2n) is 4.25. The topological polar surface area (TPSA) is 56.2 Å². The van der Waals surface area contributed by atoms with Crippen LogP contribution in [0.15, 0.2) is 30.5 Å². The third kappa shape index (κ3) is 2.03. The van der Waals surface area contributed by atoms with Crippen LogP contribution < -0.4 is 5.73 Å². The molecular formula is C13H10Cl2N4. The van der Waals surface area contributed by atoms with Crippen molar-refractivity contribution < 1.29 is 0 Å². The van der Waals surface area contributed by atoms with Gasteiger partial charge in [-0.25, -0.2) is 4.52 Å². The fourth-order valence-corrected chi connectivity index (χ4v) is 2.45. The van der Waals surface area contributed by atoms with Crippen LogP contribution in [0, 0.1) is 6.92 Å². The molecule has 0 radical (unpaired) electrons. The number of aromatic nitrogens is 3. The summed E-state index contributed by atoms with van der Waals surface area (Å²) in [6.45, 7) is 1.95. The molecule has 3 rings (SSSR count). The molecule has 2 N–H and O–H groups in total. The average Bonchev–Trinajstić information content (AvgIpc) is 2.74. The summed E-state index contributed by atoms with van der Waals surface area (Å²) in [6, 6.07) is 7.51. The standard InChI is InChI=1S/C13H10Cl2N4/c1-7-5-8(6-19-12(7)17-13(16)18-19)9-3-2-4-10(14)11(9)15/h2-6H,1H3,(H2,16,18). The number of nitrogens with zero attached hydrogens (tertiary/aromatic N) is 3. The molecule has 0 aliphatic heterocycles. The summed E-state index contributed by atoms with van der Waals surface area (Å²) in [4.78, 5) is 4.16. The smallest absolute Gasteiger partial charge is 0.240 e. The van der Waals surface area contributed by atoms with Gasteiger partial charge < -0.3 is 5.73 Å². The maximum atomic E-state index is 6.23. The Kier molecular flexibility index (Phi) is 2.84. The Bertz CT molecular complexity index is 780. The molecule has 0 aliphatic carbocycles. The van der Waals surface area contributed by atoms with E-state index < -0.39 is 0 Å². The number of nitrogens with two attached hydrogens (primary N) is 1. The normalized spacial score (nSPS) is 11.1. The summed E-state index contributed by atoms with van der Waals surface area (Å²) in [5.74, 6) is 0.248. The molecule has 4 nitrogen and oxygen atoms in total. The zero-order valence-electron chi connectivity index (χ0n) is 10.1. The zero-order chi connectivity index (χ0) is 13.6. The van der Waals surface area contributed by atoms with Gasteiger partial charge >= 0.3 is 0 Å². The number of nitrogen functional groups attached to an aromatic ring is 1. The van der Waals surface area contributed by atoms with Gasteiger partial charge in [-0.1, -0.05) is 35.3 Å².